The van der Waals surface area contributed by atoms with Gasteiger partial charge in [0.15, 0.2) is 0 Å². The average Bonchev–Trinajstić information content (AvgIpc) is 2.15. The van der Waals surface area contributed by atoms with E-state index in [0.29, 0.717) is 5.75 Å². The van der Waals surface area contributed by atoms with Gasteiger partial charge in [0, 0.05) is 11.2 Å². The molecule has 8 heteroatoms. The summed E-state index contributed by atoms with van der Waals surface area (Å²) in [5.41, 5.74) is 0. The van der Waals surface area contributed by atoms with Crippen LogP contribution in [0.15, 0.2) is 30.3 Å². The molecule has 0 spiro atoms. The van der Waals surface area contributed by atoms with E-state index in [1.165, 1.54) is 0 Å². The molecule has 0 amide bonds. The standard InChI is InChI=1S/C8H7Cl4O3P/c9-8(10,11)6-14-16(12,13)15-7-4-2-1-3-5-7/h1-5H,6H2. The minimum Gasteiger partial charge on any atom is -0.413 e. The SMILES string of the molecule is O=P(Cl)(OCC(Cl)(Cl)Cl)Oc1ccccc1. The Labute approximate surface area is 113 Å². The third-order valence-corrected chi connectivity index (χ3v) is 3.03. The normalized spacial score (nSPS) is 15.5. The molecule has 0 aliphatic heterocycles. The maximum Gasteiger partial charge on any atom is 0.476 e. The van der Waals surface area contributed by atoms with E-state index in [-0.39, 0.29) is 0 Å². The zero-order chi connectivity index (χ0) is 12.2. The predicted molar refractivity (Wildman–Crippen MR) is 66.8 cm³/mol. The van der Waals surface area contributed by atoms with Crippen LogP contribution in [0.2, 0.25) is 0 Å². The Bertz CT molecular complexity index is 379. The molecule has 1 atom stereocenters. The Kier molecular flexibility index (Phi) is 5.24. The second-order valence-electron chi connectivity index (χ2n) is 2.72. The minimum atomic E-state index is -3.79. The zero-order valence-corrected chi connectivity index (χ0v) is 11.7. The lowest BCUT2D eigenvalue weighted by atomic mass is 10.3. The van der Waals surface area contributed by atoms with Gasteiger partial charge < -0.3 is 4.52 Å². The highest BCUT2D eigenvalue weighted by atomic mass is 35.7. The van der Waals surface area contributed by atoms with E-state index in [1.807, 2.05) is 0 Å². The molecule has 1 aromatic rings. The molecule has 0 heterocycles. The fraction of sp³-hybridized carbons (Fsp3) is 0.250. The fourth-order valence-corrected chi connectivity index (χ4v) is 2.34. The lowest BCUT2D eigenvalue weighted by Crippen LogP contribution is -2.11. The van der Waals surface area contributed by atoms with E-state index in [4.69, 9.17) is 55.1 Å². The van der Waals surface area contributed by atoms with Gasteiger partial charge in [-0.25, -0.2) is 4.57 Å². The molecule has 0 bridgehead atoms. The van der Waals surface area contributed by atoms with Crippen LogP contribution in [-0.2, 0) is 9.09 Å². The van der Waals surface area contributed by atoms with E-state index < -0.39 is 17.3 Å². The summed E-state index contributed by atoms with van der Waals surface area (Å²) >= 11 is 21.8. The second kappa shape index (κ2) is 5.81. The quantitative estimate of drug-likeness (QED) is 0.590. The molecule has 0 fully saturated rings. The zero-order valence-electron chi connectivity index (χ0n) is 7.78. The number of rotatable bonds is 4. The van der Waals surface area contributed by atoms with Crippen LogP contribution in [0.25, 0.3) is 0 Å². The van der Waals surface area contributed by atoms with Crippen molar-refractivity contribution in [3.05, 3.63) is 30.3 Å². The van der Waals surface area contributed by atoms with E-state index >= 15 is 0 Å². The van der Waals surface area contributed by atoms with Gasteiger partial charge in [-0.3, -0.25) is 4.52 Å². The van der Waals surface area contributed by atoms with E-state index in [9.17, 15) is 4.57 Å². The molecule has 16 heavy (non-hydrogen) atoms. The third kappa shape index (κ3) is 6.19. The largest absolute Gasteiger partial charge is 0.476 e. The molecule has 1 unspecified atom stereocenters. The summed E-state index contributed by atoms with van der Waals surface area (Å²) in [5.74, 6) is 0.310. The molecular weight excluding hydrogens is 317 g/mol. The van der Waals surface area contributed by atoms with Crippen LogP contribution in [0, 0.1) is 0 Å². The van der Waals surface area contributed by atoms with Crippen molar-refractivity contribution in [2.24, 2.45) is 0 Å². The van der Waals surface area contributed by atoms with Crippen molar-refractivity contribution in [3.8, 4) is 5.75 Å². The molecule has 0 saturated heterocycles. The van der Waals surface area contributed by atoms with Crippen molar-refractivity contribution in [2.45, 2.75) is 3.79 Å². The summed E-state index contributed by atoms with van der Waals surface area (Å²) in [6, 6.07) is 8.32. The fourth-order valence-electron chi connectivity index (χ4n) is 0.784. The van der Waals surface area contributed by atoms with Gasteiger partial charge in [-0.15, -0.1) is 0 Å². The second-order valence-corrected chi connectivity index (χ2v) is 7.78. The van der Waals surface area contributed by atoms with Crippen molar-refractivity contribution < 1.29 is 13.6 Å². The summed E-state index contributed by atoms with van der Waals surface area (Å²) in [5, 5.41) is 0. The van der Waals surface area contributed by atoms with E-state index in [0.717, 1.165) is 0 Å². The molecule has 1 rings (SSSR count). The Balaban J connectivity index is 2.56. The summed E-state index contributed by atoms with van der Waals surface area (Å²) in [6.45, 7) is -4.22. The molecule has 0 aliphatic carbocycles. The van der Waals surface area contributed by atoms with Crippen LogP contribution >= 0.6 is 53.0 Å². The first-order valence-corrected chi connectivity index (χ1v) is 7.62. The van der Waals surface area contributed by atoms with Crippen LogP contribution in [0.3, 0.4) is 0 Å². The summed E-state index contributed by atoms with van der Waals surface area (Å²) < 4.78 is 19.5. The highest BCUT2D eigenvalue weighted by Crippen LogP contribution is 2.54. The van der Waals surface area contributed by atoms with Crippen LogP contribution < -0.4 is 4.52 Å². The van der Waals surface area contributed by atoms with Gasteiger partial charge in [0.1, 0.15) is 12.4 Å². The molecule has 0 aliphatic rings. The lowest BCUT2D eigenvalue weighted by Gasteiger charge is -2.15. The number of halogens is 4. The predicted octanol–water partition coefficient (Wildman–Crippen LogP) is 4.80. The van der Waals surface area contributed by atoms with Crippen LogP contribution in [0.1, 0.15) is 0 Å². The van der Waals surface area contributed by atoms with Crippen molar-refractivity contribution >= 4 is 53.0 Å². The third-order valence-electron chi connectivity index (χ3n) is 1.34. The molecule has 0 N–H and O–H groups in total. The molecule has 0 aromatic heterocycles. The van der Waals surface area contributed by atoms with Crippen molar-refractivity contribution in [2.75, 3.05) is 6.61 Å². The van der Waals surface area contributed by atoms with Crippen LogP contribution in [0.5, 0.6) is 5.75 Å². The van der Waals surface area contributed by atoms with Gasteiger partial charge in [0.25, 0.3) is 0 Å². The van der Waals surface area contributed by atoms with Crippen molar-refractivity contribution in [1.82, 2.24) is 0 Å². The average molecular weight is 324 g/mol. The molecule has 1 aromatic carbocycles. The first-order valence-electron chi connectivity index (χ1n) is 4.04. The van der Waals surface area contributed by atoms with Crippen molar-refractivity contribution in [3.63, 3.8) is 0 Å². The monoisotopic (exact) mass is 322 g/mol. The van der Waals surface area contributed by atoms with E-state index in [1.54, 1.807) is 30.3 Å². The maximum absolute atomic E-state index is 11.6. The Hall–Kier alpha value is 0.370. The Morgan fingerprint density at radius 2 is 1.75 bits per heavy atom. The number of benzene rings is 1. The molecule has 0 saturated carbocycles. The van der Waals surface area contributed by atoms with Crippen LogP contribution in [0.4, 0.5) is 0 Å². The summed E-state index contributed by atoms with van der Waals surface area (Å²) in [6.07, 6.45) is 0. The first-order chi connectivity index (χ1) is 7.29. The number of alkyl halides is 3. The van der Waals surface area contributed by atoms with Crippen molar-refractivity contribution in [1.29, 1.82) is 0 Å². The highest BCUT2D eigenvalue weighted by Gasteiger charge is 2.29. The van der Waals surface area contributed by atoms with Gasteiger partial charge in [-0.05, 0) is 12.1 Å². The van der Waals surface area contributed by atoms with Crippen LogP contribution in [-0.4, -0.2) is 10.4 Å². The summed E-state index contributed by atoms with van der Waals surface area (Å²) in [7, 11) is 0. The number of hydrogen-bond acceptors (Lipinski definition) is 3. The van der Waals surface area contributed by atoms with Gasteiger partial charge >= 0.3 is 6.95 Å². The lowest BCUT2D eigenvalue weighted by molar-refractivity contribution is 0.285. The number of para-hydroxylation sites is 1. The van der Waals surface area contributed by atoms with Gasteiger partial charge in [-0.1, -0.05) is 53.0 Å². The first kappa shape index (κ1) is 14.4. The molecule has 0 radical (unpaired) electrons. The Morgan fingerprint density at radius 1 is 1.19 bits per heavy atom. The molecule has 90 valence electrons. The topological polar surface area (TPSA) is 35.5 Å². The molecule has 3 nitrogen and oxygen atoms in total. The van der Waals surface area contributed by atoms with Gasteiger partial charge in [0.05, 0.1) is 0 Å². The molecular formula is C8H7Cl4O3P. The highest BCUT2D eigenvalue weighted by molar-refractivity contribution is 7.81. The summed E-state index contributed by atoms with van der Waals surface area (Å²) in [4.78, 5) is 0. The Morgan fingerprint density at radius 3 is 2.25 bits per heavy atom. The number of hydrogen-bond donors (Lipinski definition) is 0. The maximum atomic E-state index is 11.6. The van der Waals surface area contributed by atoms with Gasteiger partial charge in [0.2, 0.25) is 3.79 Å². The van der Waals surface area contributed by atoms with E-state index in [2.05, 4.69) is 0 Å². The minimum absolute atomic E-state index is 0.310. The van der Waals surface area contributed by atoms with Gasteiger partial charge in [-0.2, -0.15) is 0 Å². The smallest absolute Gasteiger partial charge is 0.413 e.